The van der Waals surface area contributed by atoms with Crippen LogP contribution in [-0.2, 0) is 17.7 Å². The largest absolute Gasteiger partial charge is 0.504 e. The average molecular weight is 754 g/mol. The monoisotopic (exact) mass is 752 g/mol. The number of nitrogens with zero attached hydrogens (tertiary/aromatic N) is 3. The molecule has 0 saturated carbocycles. The third-order valence-electron chi connectivity index (χ3n) is 9.89. The zero-order valence-electron chi connectivity index (χ0n) is 28.9. The Morgan fingerprint density at radius 2 is 1.67 bits per heavy atom. The van der Waals surface area contributed by atoms with Gasteiger partial charge in [-0.3, -0.25) is 15.0 Å². The molecule has 3 aromatic carbocycles. The number of fused-ring (bicyclic) bond motifs is 3. The molecule has 14 heteroatoms. The maximum Gasteiger partial charge on any atom is 0.415 e. The number of aromatic carboxylic acids is 1. The highest BCUT2D eigenvalue weighted by Gasteiger charge is 2.38. The van der Waals surface area contributed by atoms with Crippen molar-refractivity contribution in [2.75, 3.05) is 45.9 Å². The van der Waals surface area contributed by atoms with E-state index in [0.717, 1.165) is 30.7 Å². The number of phenols is 1. The number of para-hydroxylation sites is 1. The van der Waals surface area contributed by atoms with Gasteiger partial charge in [0, 0.05) is 22.8 Å². The van der Waals surface area contributed by atoms with E-state index in [-0.39, 0.29) is 57.8 Å². The minimum absolute atomic E-state index is 0.0141. The van der Waals surface area contributed by atoms with Crippen LogP contribution >= 0.6 is 23.2 Å². The molecule has 0 unspecified atom stereocenters. The molecule has 2 atom stereocenters. The molecule has 0 spiro atoms. The van der Waals surface area contributed by atoms with Gasteiger partial charge in [-0.1, -0.05) is 47.5 Å². The normalized spacial score (nSPS) is 18.4. The summed E-state index contributed by atoms with van der Waals surface area (Å²) in [7, 11) is 4.43. The van der Waals surface area contributed by atoms with E-state index in [1.807, 2.05) is 0 Å². The Morgan fingerprint density at radius 3 is 2.29 bits per heavy atom. The molecule has 0 radical (unpaired) electrons. The number of carboxylic acids is 1. The van der Waals surface area contributed by atoms with Gasteiger partial charge in [-0.15, -0.1) is 0 Å². The van der Waals surface area contributed by atoms with Crippen LogP contribution in [0, 0.1) is 5.92 Å². The third-order valence-corrected chi connectivity index (χ3v) is 10.5. The van der Waals surface area contributed by atoms with Crippen molar-refractivity contribution in [3.8, 4) is 23.0 Å². The van der Waals surface area contributed by atoms with Crippen LogP contribution in [0.4, 0.5) is 10.5 Å². The molecule has 274 valence electrons. The number of rotatable bonds is 12. The SMILES string of the molecule is COc1ccc([C@H](Cc2c(Cl)c[n+](O)cc2Cl)c2cc(CN(C(=O)O[C@H]3CN4CCC3CC4)c3cccc(O)c3OC)ccc2C(=O)O)cc1OC. The van der Waals surface area contributed by atoms with Gasteiger partial charge in [-0.2, -0.15) is 0 Å². The van der Waals surface area contributed by atoms with E-state index in [2.05, 4.69) is 4.90 Å². The average Bonchev–Trinajstić information content (AvgIpc) is 3.13. The number of methoxy groups -OCH3 is 3. The van der Waals surface area contributed by atoms with Gasteiger partial charge < -0.3 is 29.2 Å². The Balaban J connectivity index is 1.46. The molecule has 4 heterocycles. The molecule has 3 fully saturated rings. The molecular formula is C38H40Cl2N3O9+. The van der Waals surface area contributed by atoms with Crippen LogP contribution in [0.3, 0.4) is 0 Å². The second kappa shape index (κ2) is 15.8. The smallest absolute Gasteiger partial charge is 0.415 e. The standard InChI is InChI=1S/C38H39Cl2N3O9/c1-49-33-10-8-24(16-34(33)50-2)26(17-28-29(39)19-42(48)20-30(28)40)27-15-22(7-9-25(27)37(45)46)18-43(31-5-4-6-32(44)36(31)51-3)38(47)52-35-21-41-13-11-23(35)12-14-41/h4-10,15-16,19-20,23,26,35H,11-14,17-18,21H2,1-3H3,(H2-,44,45,46,48)/p+1/t26-,35-/m0/s1. The van der Waals surface area contributed by atoms with Crippen molar-refractivity contribution in [3.05, 3.63) is 105 Å². The summed E-state index contributed by atoms with van der Waals surface area (Å²) in [6.07, 6.45) is 3.69. The molecule has 52 heavy (non-hydrogen) atoms. The molecule has 3 aliphatic heterocycles. The summed E-state index contributed by atoms with van der Waals surface area (Å²) in [6.45, 7) is 2.54. The number of halogens is 2. The highest BCUT2D eigenvalue weighted by Crippen LogP contribution is 2.41. The minimum atomic E-state index is -1.17. The number of hydrogen-bond acceptors (Lipinski definition) is 9. The van der Waals surface area contributed by atoms with E-state index in [1.165, 1.54) is 50.8 Å². The van der Waals surface area contributed by atoms with Gasteiger partial charge in [0.25, 0.3) is 0 Å². The summed E-state index contributed by atoms with van der Waals surface area (Å²) in [4.78, 5) is 30.6. The lowest BCUT2D eigenvalue weighted by atomic mass is 9.82. The number of carboxylic acid groups (broad SMARTS) is 1. The first kappa shape index (κ1) is 36.9. The van der Waals surface area contributed by atoms with Crippen LogP contribution < -0.4 is 23.8 Å². The number of phenolic OH excluding ortho intramolecular Hbond substituents is 1. The third kappa shape index (κ3) is 7.64. The molecule has 0 aliphatic carbocycles. The highest BCUT2D eigenvalue weighted by molar-refractivity contribution is 6.35. The number of piperidine rings is 3. The summed E-state index contributed by atoms with van der Waals surface area (Å²) in [5.74, 6) is -0.745. The first-order chi connectivity index (χ1) is 25.0. The number of pyridine rings is 1. The number of anilines is 1. The summed E-state index contributed by atoms with van der Waals surface area (Å²) in [5, 5.41) is 31.5. The fourth-order valence-electron chi connectivity index (χ4n) is 7.21. The predicted octanol–water partition coefficient (Wildman–Crippen LogP) is 6.56. The fourth-order valence-corrected chi connectivity index (χ4v) is 7.82. The number of aromatic hydroxyl groups is 1. The summed E-state index contributed by atoms with van der Waals surface area (Å²) in [6, 6.07) is 14.9. The maximum atomic E-state index is 14.1. The van der Waals surface area contributed by atoms with Crippen LogP contribution in [0.5, 0.6) is 23.0 Å². The molecule has 1 amide bonds. The number of amides is 1. The topological polar surface area (TPSA) is 142 Å². The van der Waals surface area contributed by atoms with Gasteiger partial charge in [0.05, 0.1) is 39.1 Å². The number of hydrogen-bond donors (Lipinski definition) is 3. The van der Waals surface area contributed by atoms with E-state index >= 15 is 0 Å². The lowest BCUT2D eigenvalue weighted by Gasteiger charge is -2.44. The Morgan fingerprint density at radius 1 is 0.962 bits per heavy atom. The van der Waals surface area contributed by atoms with Gasteiger partial charge in [-0.05, 0) is 85.3 Å². The van der Waals surface area contributed by atoms with E-state index in [1.54, 1.807) is 42.5 Å². The molecule has 3 aliphatic rings. The Kier molecular flexibility index (Phi) is 11.2. The Bertz CT molecular complexity index is 1950. The fraction of sp³-hybridized carbons (Fsp3) is 0.342. The molecule has 7 rings (SSSR count). The molecular weight excluding hydrogens is 713 g/mol. The zero-order chi connectivity index (χ0) is 37.1. The van der Waals surface area contributed by atoms with Gasteiger partial charge in [0.2, 0.25) is 12.4 Å². The number of carbonyl (C=O) groups excluding carboxylic acids is 1. The zero-order valence-corrected chi connectivity index (χ0v) is 30.4. The highest BCUT2D eigenvalue weighted by atomic mass is 35.5. The van der Waals surface area contributed by atoms with Crippen molar-refractivity contribution >= 4 is 41.0 Å². The first-order valence-corrected chi connectivity index (χ1v) is 17.5. The van der Waals surface area contributed by atoms with Crippen LogP contribution in [0.15, 0.2) is 67.0 Å². The van der Waals surface area contributed by atoms with Gasteiger partial charge in [0.1, 0.15) is 16.1 Å². The molecule has 4 aromatic rings. The van der Waals surface area contributed by atoms with E-state index in [0.29, 0.717) is 40.3 Å². The molecule has 3 N–H and O–H groups in total. The van der Waals surface area contributed by atoms with Crippen molar-refractivity contribution in [2.45, 2.75) is 37.8 Å². The molecule has 2 bridgehead atoms. The number of benzene rings is 3. The van der Waals surface area contributed by atoms with E-state index in [4.69, 9.17) is 42.1 Å². The predicted molar refractivity (Wildman–Crippen MR) is 193 cm³/mol. The van der Waals surface area contributed by atoms with E-state index < -0.39 is 18.0 Å². The van der Waals surface area contributed by atoms with Crippen molar-refractivity contribution in [1.29, 1.82) is 0 Å². The van der Waals surface area contributed by atoms with Crippen molar-refractivity contribution in [3.63, 3.8) is 0 Å². The second-order valence-corrected chi connectivity index (χ2v) is 13.7. The second-order valence-electron chi connectivity index (χ2n) is 12.9. The van der Waals surface area contributed by atoms with Crippen LogP contribution in [0.25, 0.3) is 0 Å². The Labute approximate surface area is 311 Å². The van der Waals surface area contributed by atoms with Crippen molar-refractivity contribution in [2.24, 2.45) is 5.92 Å². The first-order valence-electron chi connectivity index (χ1n) is 16.7. The van der Waals surface area contributed by atoms with Gasteiger partial charge >= 0.3 is 12.1 Å². The molecule has 1 aromatic heterocycles. The molecule has 12 nitrogen and oxygen atoms in total. The lowest BCUT2D eigenvalue weighted by molar-refractivity contribution is -0.904. The summed E-state index contributed by atoms with van der Waals surface area (Å²) < 4.78 is 23.5. The van der Waals surface area contributed by atoms with Crippen LogP contribution in [0.2, 0.25) is 10.0 Å². The summed E-state index contributed by atoms with van der Waals surface area (Å²) >= 11 is 13.2. The minimum Gasteiger partial charge on any atom is -0.504 e. The maximum absolute atomic E-state index is 14.1. The van der Waals surface area contributed by atoms with Gasteiger partial charge in [0.15, 0.2) is 23.0 Å². The summed E-state index contributed by atoms with van der Waals surface area (Å²) in [5.41, 5.74) is 2.41. The number of aromatic nitrogens is 1. The van der Waals surface area contributed by atoms with Crippen molar-refractivity contribution in [1.82, 2.24) is 4.90 Å². The van der Waals surface area contributed by atoms with E-state index in [9.17, 15) is 25.0 Å². The lowest BCUT2D eigenvalue weighted by Crippen LogP contribution is -2.53. The number of ether oxygens (including phenoxy) is 4. The Hall–Kier alpha value is -4.91. The quantitative estimate of drug-likeness (QED) is 0.108. The van der Waals surface area contributed by atoms with Crippen LogP contribution in [0.1, 0.15) is 51.4 Å². The van der Waals surface area contributed by atoms with Crippen LogP contribution in [-0.4, -0.2) is 79.5 Å². The van der Waals surface area contributed by atoms with Crippen molar-refractivity contribution < 1.29 is 48.7 Å². The molecule has 3 saturated heterocycles. The van der Waals surface area contributed by atoms with Gasteiger partial charge in [-0.25, -0.2) is 9.59 Å². The number of carbonyl (C=O) groups is 2.